The van der Waals surface area contributed by atoms with Crippen LogP contribution in [-0.2, 0) is 9.84 Å². The molecule has 0 aliphatic carbocycles. The number of benzene rings is 1. The van der Waals surface area contributed by atoms with Crippen LogP contribution in [0.2, 0.25) is 5.02 Å². The summed E-state index contributed by atoms with van der Waals surface area (Å²) in [6.45, 7) is 0.103. The van der Waals surface area contributed by atoms with Gasteiger partial charge < -0.3 is 10.2 Å². The van der Waals surface area contributed by atoms with Crippen LogP contribution in [0.5, 0.6) is 0 Å². The predicted octanol–water partition coefficient (Wildman–Crippen LogP) is 2.36. The number of halogens is 1. The Balaban J connectivity index is 2.77. The number of carboxylic acids is 1. The van der Waals surface area contributed by atoms with Gasteiger partial charge in [-0.1, -0.05) is 24.4 Å². The number of hydrogen-bond acceptors (Lipinski definition) is 4. The molecule has 0 bridgehead atoms. The summed E-state index contributed by atoms with van der Waals surface area (Å²) in [7, 11) is -3.50. The summed E-state index contributed by atoms with van der Waals surface area (Å²) in [5.41, 5.74) is -0.215. The molecule has 0 aliphatic heterocycles. The summed E-state index contributed by atoms with van der Waals surface area (Å²) < 4.78 is 24.1. The lowest BCUT2D eigenvalue weighted by Crippen LogP contribution is -2.09. The van der Waals surface area contributed by atoms with Crippen molar-refractivity contribution in [2.24, 2.45) is 0 Å². The number of unbranched alkanes of at least 4 members (excludes halogenated alkanes) is 3. The van der Waals surface area contributed by atoms with Crippen LogP contribution in [0.3, 0.4) is 0 Å². The van der Waals surface area contributed by atoms with E-state index in [-0.39, 0.29) is 27.8 Å². The molecule has 1 aromatic rings. The van der Waals surface area contributed by atoms with Crippen molar-refractivity contribution in [1.82, 2.24) is 0 Å². The molecule has 0 radical (unpaired) electrons. The van der Waals surface area contributed by atoms with Crippen molar-refractivity contribution in [3.8, 4) is 0 Å². The van der Waals surface area contributed by atoms with Crippen molar-refractivity contribution in [1.29, 1.82) is 0 Å². The zero-order valence-corrected chi connectivity index (χ0v) is 12.5. The summed E-state index contributed by atoms with van der Waals surface area (Å²) >= 11 is 5.70. The normalized spacial score (nSPS) is 11.5. The summed E-state index contributed by atoms with van der Waals surface area (Å²) in [6, 6.07) is 3.69. The number of aromatic carboxylic acids is 1. The highest BCUT2D eigenvalue weighted by Gasteiger charge is 2.18. The fraction of sp³-hybridized carbons (Fsp3) is 0.462. The van der Waals surface area contributed by atoms with Crippen LogP contribution < -0.4 is 0 Å². The van der Waals surface area contributed by atoms with E-state index in [1.807, 2.05) is 0 Å². The molecule has 0 saturated heterocycles. The molecule has 0 aliphatic rings. The lowest BCUT2D eigenvalue weighted by atomic mass is 10.2. The molecule has 0 atom stereocenters. The highest BCUT2D eigenvalue weighted by Crippen LogP contribution is 2.22. The summed E-state index contributed by atoms with van der Waals surface area (Å²) in [6.07, 6.45) is 2.61. The highest BCUT2D eigenvalue weighted by molar-refractivity contribution is 7.91. The Morgan fingerprint density at radius 3 is 2.40 bits per heavy atom. The molecule has 7 heteroatoms. The Hall–Kier alpha value is -1.11. The first-order chi connectivity index (χ1) is 9.38. The van der Waals surface area contributed by atoms with Gasteiger partial charge >= 0.3 is 5.97 Å². The van der Waals surface area contributed by atoms with Crippen molar-refractivity contribution >= 4 is 27.4 Å². The Morgan fingerprint density at radius 2 is 1.80 bits per heavy atom. The number of carboxylic acid groups (broad SMARTS) is 1. The van der Waals surface area contributed by atoms with Crippen LogP contribution in [-0.4, -0.2) is 37.0 Å². The Morgan fingerprint density at radius 1 is 1.15 bits per heavy atom. The molecular weight excluding hydrogens is 304 g/mol. The molecule has 0 heterocycles. The molecular formula is C13H17ClO5S. The average Bonchev–Trinajstić information content (AvgIpc) is 2.38. The highest BCUT2D eigenvalue weighted by atomic mass is 35.5. The summed E-state index contributed by atoms with van der Waals surface area (Å²) in [5, 5.41) is 17.6. The van der Waals surface area contributed by atoms with Gasteiger partial charge in [-0.25, -0.2) is 13.2 Å². The molecule has 0 spiro atoms. The van der Waals surface area contributed by atoms with E-state index in [1.165, 1.54) is 12.1 Å². The number of rotatable bonds is 8. The molecule has 0 unspecified atom stereocenters. The Labute approximate surface area is 123 Å². The third-order valence-electron chi connectivity index (χ3n) is 2.85. The van der Waals surface area contributed by atoms with Crippen LogP contribution in [0.4, 0.5) is 0 Å². The smallest absolute Gasteiger partial charge is 0.337 e. The quantitative estimate of drug-likeness (QED) is 0.717. The number of sulfone groups is 1. The van der Waals surface area contributed by atoms with Gasteiger partial charge in [0.2, 0.25) is 0 Å². The van der Waals surface area contributed by atoms with Gasteiger partial charge in [0.25, 0.3) is 0 Å². The van der Waals surface area contributed by atoms with Gasteiger partial charge in [0.15, 0.2) is 9.84 Å². The second-order valence-corrected chi connectivity index (χ2v) is 6.92. The van der Waals surface area contributed by atoms with Crippen molar-refractivity contribution in [3.63, 3.8) is 0 Å². The minimum absolute atomic E-state index is 0.0133. The SMILES string of the molecule is O=C(O)c1cc(S(=O)(=O)CCCCCCO)ccc1Cl. The molecule has 1 rings (SSSR count). The lowest BCUT2D eigenvalue weighted by molar-refractivity contribution is 0.0697. The molecule has 0 saturated carbocycles. The van der Waals surface area contributed by atoms with Gasteiger partial charge in [-0.2, -0.15) is 0 Å². The van der Waals surface area contributed by atoms with Crippen molar-refractivity contribution in [3.05, 3.63) is 28.8 Å². The predicted molar refractivity (Wildman–Crippen MR) is 76.0 cm³/mol. The molecule has 0 amide bonds. The molecule has 5 nitrogen and oxygen atoms in total. The average molecular weight is 321 g/mol. The van der Waals surface area contributed by atoms with E-state index in [1.54, 1.807) is 0 Å². The molecule has 0 fully saturated rings. The van der Waals surface area contributed by atoms with E-state index in [0.29, 0.717) is 19.3 Å². The second kappa shape index (κ2) is 7.61. The van der Waals surface area contributed by atoms with E-state index in [9.17, 15) is 13.2 Å². The maximum Gasteiger partial charge on any atom is 0.337 e. The summed E-state index contributed by atoms with van der Waals surface area (Å²) in [5.74, 6) is -1.30. The molecule has 1 aromatic carbocycles. The van der Waals surface area contributed by atoms with Crippen LogP contribution >= 0.6 is 11.6 Å². The van der Waals surface area contributed by atoms with Gasteiger partial charge in [-0.05, 0) is 31.0 Å². The third kappa shape index (κ3) is 4.77. The monoisotopic (exact) mass is 320 g/mol. The first-order valence-electron chi connectivity index (χ1n) is 6.25. The topological polar surface area (TPSA) is 91.7 Å². The van der Waals surface area contributed by atoms with E-state index in [4.69, 9.17) is 21.8 Å². The first-order valence-corrected chi connectivity index (χ1v) is 8.28. The molecule has 0 aromatic heterocycles. The van der Waals surface area contributed by atoms with Crippen LogP contribution in [0, 0.1) is 0 Å². The molecule has 112 valence electrons. The number of aliphatic hydroxyl groups is 1. The van der Waals surface area contributed by atoms with Crippen molar-refractivity contribution < 1.29 is 23.4 Å². The van der Waals surface area contributed by atoms with E-state index >= 15 is 0 Å². The standard InChI is InChI=1S/C13H17ClO5S/c14-12-6-5-10(9-11(12)13(16)17)20(18,19)8-4-2-1-3-7-15/h5-6,9,15H,1-4,7-8H2,(H,16,17). The fourth-order valence-corrected chi connectivity index (χ4v) is 3.33. The summed E-state index contributed by atoms with van der Waals surface area (Å²) in [4.78, 5) is 10.9. The molecule has 20 heavy (non-hydrogen) atoms. The number of aliphatic hydroxyl groups excluding tert-OH is 1. The Kier molecular flexibility index (Phi) is 6.45. The minimum Gasteiger partial charge on any atom is -0.478 e. The third-order valence-corrected chi connectivity index (χ3v) is 4.98. The van der Waals surface area contributed by atoms with Crippen molar-refractivity contribution in [2.75, 3.05) is 12.4 Å². The van der Waals surface area contributed by atoms with Gasteiger partial charge in [-0.3, -0.25) is 0 Å². The van der Waals surface area contributed by atoms with Crippen LogP contribution in [0.1, 0.15) is 36.0 Å². The minimum atomic E-state index is -3.50. The van der Waals surface area contributed by atoms with Gasteiger partial charge in [-0.15, -0.1) is 0 Å². The van der Waals surface area contributed by atoms with Crippen LogP contribution in [0.15, 0.2) is 23.1 Å². The van der Waals surface area contributed by atoms with E-state index in [2.05, 4.69) is 0 Å². The van der Waals surface area contributed by atoms with E-state index < -0.39 is 15.8 Å². The zero-order valence-electron chi connectivity index (χ0n) is 10.9. The maximum absolute atomic E-state index is 12.1. The van der Waals surface area contributed by atoms with E-state index in [0.717, 1.165) is 12.5 Å². The number of hydrogen-bond donors (Lipinski definition) is 2. The zero-order chi connectivity index (χ0) is 15.2. The van der Waals surface area contributed by atoms with Crippen LogP contribution in [0.25, 0.3) is 0 Å². The Bertz CT molecular complexity index is 568. The second-order valence-electron chi connectivity index (χ2n) is 4.40. The van der Waals surface area contributed by atoms with Gasteiger partial charge in [0.1, 0.15) is 0 Å². The number of carbonyl (C=O) groups is 1. The van der Waals surface area contributed by atoms with Crippen molar-refractivity contribution in [2.45, 2.75) is 30.6 Å². The lowest BCUT2D eigenvalue weighted by Gasteiger charge is -2.06. The van der Waals surface area contributed by atoms with Gasteiger partial charge in [0, 0.05) is 6.61 Å². The van der Waals surface area contributed by atoms with Gasteiger partial charge in [0.05, 0.1) is 21.2 Å². The molecule has 2 N–H and O–H groups in total. The largest absolute Gasteiger partial charge is 0.478 e. The fourth-order valence-electron chi connectivity index (χ4n) is 1.74. The maximum atomic E-state index is 12.1. The first kappa shape index (κ1) is 16.9.